The van der Waals surface area contributed by atoms with E-state index in [9.17, 15) is 19.5 Å². The van der Waals surface area contributed by atoms with Crippen LogP contribution >= 0.6 is 0 Å². The number of carbonyl (C=O) groups excluding carboxylic acids is 3. The van der Waals surface area contributed by atoms with Crippen molar-refractivity contribution in [2.24, 2.45) is 0 Å². The molecule has 0 aromatic rings. The summed E-state index contributed by atoms with van der Waals surface area (Å²) in [6, 6.07) is -0.827. The molecular weight excluding hydrogens is 663 g/mol. The molecule has 1 saturated heterocycles. The van der Waals surface area contributed by atoms with Crippen LogP contribution in [0.4, 0.5) is 0 Å². The van der Waals surface area contributed by atoms with E-state index in [0.717, 1.165) is 90.1 Å². The Morgan fingerprint density at radius 2 is 0.925 bits per heavy atom. The summed E-state index contributed by atoms with van der Waals surface area (Å²) in [6.07, 6.45) is 36.1. The van der Waals surface area contributed by atoms with E-state index >= 15 is 0 Å². The minimum Gasteiger partial charge on any atom is -0.462 e. The van der Waals surface area contributed by atoms with E-state index in [1.54, 1.807) is 0 Å². The summed E-state index contributed by atoms with van der Waals surface area (Å²) < 4.78 is 6.01. The number of hydrogen-bond donors (Lipinski definition) is 3. The van der Waals surface area contributed by atoms with Crippen molar-refractivity contribution in [2.45, 2.75) is 244 Å². The van der Waals surface area contributed by atoms with Crippen molar-refractivity contribution in [3.63, 3.8) is 0 Å². The number of ether oxygens (including phenoxy) is 1. The minimum absolute atomic E-state index is 0.00928. The van der Waals surface area contributed by atoms with Gasteiger partial charge < -0.3 is 25.4 Å². The van der Waals surface area contributed by atoms with E-state index in [4.69, 9.17) is 4.74 Å². The maximum absolute atomic E-state index is 12.7. The fourth-order valence-electron chi connectivity index (χ4n) is 7.67. The molecule has 0 aromatic carbocycles. The van der Waals surface area contributed by atoms with Gasteiger partial charge in [-0.3, -0.25) is 14.4 Å². The maximum Gasteiger partial charge on any atom is 0.306 e. The van der Waals surface area contributed by atoms with Crippen LogP contribution in [0.15, 0.2) is 0 Å². The lowest BCUT2D eigenvalue weighted by Gasteiger charge is -2.30. The highest BCUT2D eigenvalue weighted by Gasteiger charge is 2.32. The fourth-order valence-corrected chi connectivity index (χ4v) is 7.67. The largest absolute Gasteiger partial charge is 0.462 e. The first kappa shape index (κ1) is 49.3. The van der Waals surface area contributed by atoms with Gasteiger partial charge in [0.2, 0.25) is 11.8 Å². The number of rotatable bonds is 39. The zero-order valence-corrected chi connectivity index (χ0v) is 35.2. The molecule has 0 bridgehead atoms. The third-order valence-corrected chi connectivity index (χ3v) is 11.2. The number of carbonyl (C=O) groups is 3. The topological polar surface area (TPSA) is 108 Å². The van der Waals surface area contributed by atoms with Crippen LogP contribution in [-0.2, 0) is 19.1 Å². The van der Waals surface area contributed by atoms with Crippen LogP contribution in [0.3, 0.4) is 0 Å². The van der Waals surface area contributed by atoms with E-state index < -0.39 is 6.04 Å². The lowest BCUT2D eigenvalue weighted by Crippen LogP contribution is -2.61. The lowest BCUT2D eigenvalue weighted by atomic mass is 10.00. The van der Waals surface area contributed by atoms with Crippen LogP contribution in [0.1, 0.15) is 226 Å². The Bertz CT molecular complexity index is 855. The summed E-state index contributed by atoms with van der Waals surface area (Å²) in [5.74, 6) is -0.0895. The van der Waals surface area contributed by atoms with E-state index in [1.807, 2.05) is 0 Å². The highest BCUT2D eigenvalue weighted by molar-refractivity contribution is 5.96. The minimum atomic E-state index is -0.438. The van der Waals surface area contributed by atoms with Gasteiger partial charge in [0.15, 0.2) is 0 Å². The van der Waals surface area contributed by atoms with Crippen molar-refractivity contribution in [3.8, 4) is 0 Å². The molecule has 1 aliphatic rings. The van der Waals surface area contributed by atoms with Gasteiger partial charge in [-0.1, -0.05) is 156 Å². The highest BCUT2D eigenvalue weighted by atomic mass is 16.5. The molecule has 0 radical (unpaired) electrons. The van der Waals surface area contributed by atoms with Gasteiger partial charge >= 0.3 is 5.97 Å². The summed E-state index contributed by atoms with van der Waals surface area (Å²) in [5, 5.41) is 15.6. The molecule has 0 aromatic heterocycles. The molecular formula is C45H87N3O5. The van der Waals surface area contributed by atoms with Crippen molar-refractivity contribution in [2.75, 3.05) is 26.2 Å². The number of unbranched alkanes of at least 4 members (excludes halogenated alkanes) is 22. The Kier molecular flexibility index (Phi) is 33.5. The number of amides is 2. The van der Waals surface area contributed by atoms with Gasteiger partial charge in [-0.2, -0.15) is 0 Å². The molecule has 53 heavy (non-hydrogen) atoms. The smallest absolute Gasteiger partial charge is 0.306 e. The third-order valence-electron chi connectivity index (χ3n) is 11.2. The van der Waals surface area contributed by atoms with Crippen LogP contribution in [0, 0.1) is 0 Å². The molecule has 2 atom stereocenters. The second-order valence-electron chi connectivity index (χ2n) is 16.2. The van der Waals surface area contributed by atoms with Crippen molar-refractivity contribution < 1.29 is 24.2 Å². The highest BCUT2D eigenvalue weighted by Crippen LogP contribution is 2.19. The zero-order valence-electron chi connectivity index (χ0n) is 35.2. The Hall–Kier alpha value is -1.67. The average Bonchev–Trinajstić information content (AvgIpc) is 3.14. The normalized spacial score (nSPS) is 16.0. The van der Waals surface area contributed by atoms with E-state index in [1.165, 1.54) is 116 Å². The van der Waals surface area contributed by atoms with Crippen molar-refractivity contribution >= 4 is 17.8 Å². The monoisotopic (exact) mass is 750 g/mol. The second-order valence-corrected chi connectivity index (χ2v) is 16.2. The van der Waals surface area contributed by atoms with Gasteiger partial charge in [0.05, 0.1) is 6.61 Å². The summed E-state index contributed by atoms with van der Waals surface area (Å²) in [5.41, 5.74) is 0. The molecule has 2 unspecified atom stereocenters. The summed E-state index contributed by atoms with van der Waals surface area (Å²) in [7, 11) is 0. The lowest BCUT2D eigenvalue weighted by molar-refractivity contribution is -0.150. The first-order chi connectivity index (χ1) is 25.9. The number of hydrogen-bond acceptors (Lipinski definition) is 6. The molecule has 1 rings (SSSR count). The Morgan fingerprint density at radius 3 is 1.40 bits per heavy atom. The molecule has 3 N–H and O–H groups in total. The first-order valence-corrected chi connectivity index (χ1v) is 23.1. The molecule has 0 aliphatic carbocycles. The predicted octanol–water partition coefficient (Wildman–Crippen LogP) is 10.7. The van der Waals surface area contributed by atoms with E-state index in [2.05, 4.69) is 36.3 Å². The van der Waals surface area contributed by atoms with Crippen LogP contribution in [0.5, 0.6) is 0 Å². The Balaban J connectivity index is 2.20. The number of piperazine rings is 1. The van der Waals surface area contributed by atoms with Crippen molar-refractivity contribution in [1.82, 2.24) is 15.5 Å². The standard InChI is InChI=1S/C45H87N3O5/c1-4-7-10-13-16-17-21-26-33-41-44(51)47-42(45(52)46-41)34-28-30-37-48(38-39-49)36-29-23-18-22-27-35-43(50)53-40(31-24-19-14-11-8-5-2)32-25-20-15-12-9-6-3/h40-42,49H,4-39H2,1-3H3,(H,46,52)(H,47,51). The number of nitrogens with one attached hydrogen (secondary N) is 2. The van der Waals surface area contributed by atoms with Gasteiger partial charge in [-0.15, -0.1) is 0 Å². The number of aliphatic hydroxyl groups excluding tert-OH is 1. The molecule has 1 heterocycles. The van der Waals surface area contributed by atoms with Crippen molar-refractivity contribution in [1.29, 1.82) is 0 Å². The molecule has 2 amide bonds. The Labute approximate surface area is 327 Å². The third kappa shape index (κ3) is 28.4. The zero-order chi connectivity index (χ0) is 38.6. The number of esters is 1. The molecule has 312 valence electrons. The van der Waals surface area contributed by atoms with Gasteiger partial charge in [-0.25, -0.2) is 0 Å². The van der Waals surface area contributed by atoms with E-state index in [0.29, 0.717) is 19.4 Å². The van der Waals surface area contributed by atoms with Gasteiger partial charge in [0.25, 0.3) is 0 Å². The van der Waals surface area contributed by atoms with Crippen LogP contribution in [0.2, 0.25) is 0 Å². The summed E-state index contributed by atoms with van der Waals surface area (Å²) in [6.45, 7) is 9.37. The molecule has 8 nitrogen and oxygen atoms in total. The van der Waals surface area contributed by atoms with Crippen LogP contribution < -0.4 is 10.6 Å². The van der Waals surface area contributed by atoms with E-state index in [-0.39, 0.29) is 36.5 Å². The predicted molar refractivity (Wildman–Crippen MR) is 222 cm³/mol. The number of aliphatic hydroxyl groups is 1. The van der Waals surface area contributed by atoms with Crippen LogP contribution in [0.25, 0.3) is 0 Å². The molecule has 8 heteroatoms. The average molecular weight is 750 g/mol. The molecule has 0 saturated carbocycles. The molecule has 1 aliphatic heterocycles. The van der Waals surface area contributed by atoms with Gasteiger partial charge in [-0.05, 0) is 77.3 Å². The fraction of sp³-hybridized carbons (Fsp3) is 0.933. The quantitative estimate of drug-likeness (QED) is 0.0427. The number of nitrogens with zero attached hydrogens (tertiary/aromatic N) is 1. The second kappa shape index (κ2) is 36.0. The Morgan fingerprint density at radius 1 is 0.547 bits per heavy atom. The maximum atomic E-state index is 12.7. The van der Waals surface area contributed by atoms with Gasteiger partial charge in [0.1, 0.15) is 18.2 Å². The van der Waals surface area contributed by atoms with Gasteiger partial charge in [0, 0.05) is 13.0 Å². The van der Waals surface area contributed by atoms with Crippen molar-refractivity contribution in [3.05, 3.63) is 0 Å². The molecule has 0 spiro atoms. The first-order valence-electron chi connectivity index (χ1n) is 23.1. The molecule has 1 fully saturated rings. The summed E-state index contributed by atoms with van der Waals surface area (Å²) in [4.78, 5) is 40.4. The summed E-state index contributed by atoms with van der Waals surface area (Å²) >= 11 is 0. The SMILES string of the molecule is CCCCCCCCCCC1NC(=O)C(CCCCN(CCO)CCCCCCCC(=O)OC(CCCCCCCC)CCCCCCCC)NC1=O. The van der Waals surface area contributed by atoms with Crippen LogP contribution in [-0.4, -0.2) is 72.2 Å².